The maximum Gasteiger partial charge on any atom is 0.180 e. The highest BCUT2D eigenvalue weighted by Gasteiger charge is 2.10. The number of benzene rings is 1. The lowest BCUT2D eigenvalue weighted by Crippen LogP contribution is -1.94. The highest BCUT2D eigenvalue weighted by molar-refractivity contribution is 14.1. The first-order chi connectivity index (χ1) is 8.10. The Morgan fingerprint density at radius 3 is 2.88 bits per heavy atom. The Morgan fingerprint density at radius 1 is 1.47 bits per heavy atom. The molecule has 0 aliphatic heterocycles. The fourth-order valence-electron chi connectivity index (χ4n) is 1.66. The summed E-state index contributed by atoms with van der Waals surface area (Å²) in [7, 11) is 0. The maximum atomic E-state index is 13.0. The zero-order valence-electron chi connectivity index (χ0n) is 9.34. The molecule has 0 aliphatic carbocycles. The first kappa shape index (κ1) is 12.8. The summed E-state index contributed by atoms with van der Waals surface area (Å²) in [6.45, 7) is 2.06. The third kappa shape index (κ3) is 2.95. The number of nitrogens with zero attached hydrogens (tertiary/aromatic N) is 1. The number of thiazole rings is 1. The Hall–Kier alpha value is -0.690. The standard InChI is InChI=1S/C12H12FIN2S/c1-2-10-11(17-12(15)16-10)5-7-3-4-8(13)6-9(7)14/h3-4,6H,2,5H2,1H3,(H2,15,16). The van der Waals surface area contributed by atoms with E-state index in [1.807, 2.05) is 6.07 Å². The van der Waals surface area contributed by atoms with Gasteiger partial charge in [0.1, 0.15) is 5.82 Å². The Morgan fingerprint density at radius 2 is 2.24 bits per heavy atom. The fourth-order valence-corrected chi connectivity index (χ4v) is 3.27. The molecule has 0 spiro atoms. The second-order valence-electron chi connectivity index (χ2n) is 3.69. The highest BCUT2D eigenvalue weighted by Crippen LogP contribution is 2.26. The van der Waals surface area contributed by atoms with E-state index < -0.39 is 0 Å². The van der Waals surface area contributed by atoms with Crippen LogP contribution >= 0.6 is 33.9 Å². The van der Waals surface area contributed by atoms with Gasteiger partial charge in [0, 0.05) is 14.9 Å². The lowest BCUT2D eigenvalue weighted by Gasteiger charge is -2.04. The maximum absolute atomic E-state index is 13.0. The van der Waals surface area contributed by atoms with Crippen LogP contribution in [0.15, 0.2) is 18.2 Å². The predicted molar refractivity (Wildman–Crippen MR) is 77.8 cm³/mol. The molecule has 90 valence electrons. The number of halogens is 2. The van der Waals surface area contributed by atoms with Crippen LogP contribution < -0.4 is 5.73 Å². The molecular formula is C12H12FIN2S. The second kappa shape index (κ2) is 5.30. The monoisotopic (exact) mass is 362 g/mol. The number of hydrogen-bond donors (Lipinski definition) is 1. The van der Waals surface area contributed by atoms with Crippen LogP contribution in [0.1, 0.15) is 23.1 Å². The van der Waals surface area contributed by atoms with Crippen molar-refractivity contribution in [2.45, 2.75) is 19.8 Å². The van der Waals surface area contributed by atoms with Gasteiger partial charge in [-0.05, 0) is 46.7 Å². The molecule has 2 rings (SSSR count). The van der Waals surface area contributed by atoms with E-state index in [0.29, 0.717) is 5.13 Å². The number of anilines is 1. The van der Waals surface area contributed by atoms with Crippen LogP contribution in [0.3, 0.4) is 0 Å². The van der Waals surface area contributed by atoms with Gasteiger partial charge >= 0.3 is 0 Å². The van der Waals surface area contributed by atoms with Gasteiger partial charge in [0.25, 0.3) is 0 Å². The zero-order chi connectivity index (χ0) is 12.4. The summed E-state index contributed by atoms with van der Waals surface area (Å²) < 4.78 is 13.9. The number of aromatic nitrogens is 1. The molecule has 0 amide bonds. The van der Waals surface area contributed by atoms with Gasteiger partial charge in [0.05, 0.1) is 5.69 Å². The quantitative estimate of drug-likeness (QED) is 0.848. The Labute approximate surface area is 117 Å². The predicted octanol–water partition coefficient (Wildman–Crippen LogP) is 3.62. The second-order valence-corrected chi connectivity index (χ2v) is 5.97. The minimum absolute atomic E-state index is 0.197. The summed E-state index contributed by atoms with van der Waals surface area (Å²) in [6.07, 6.45) is 1.65. The zero-order valence-corrected chi connectivity index (χ0v) is 12.3. The highest BCUT2D eigenvalue weighted by atomic mass is 127. The molecule has 0 unspecified atom stereocenters. The van der Waals surface area contributed by atoms with E-state index in [2.05, 4.69) is 34.5 Å². The smallest absolute Gasteiger partial charge is 0.180 e. The lowest BCUT2D eigenvalue weighted by atomic mass is 10.1. The van der Waals surface area contributed by atoms with Crippen molar-refractivity contribution in [1.82, 2.24) is 4.98 Å². The summed E-state index contributed by atoms with van der Waals surface area (Å²) in [5.41, 5.74) is 7.88. The van der Waals surface area contributed by atoms with E-state index in [0.717, 1.165) is 27.7 Å². The molecule has 1 heterocycles. The summed E-state index contributed by atoms with van der Waals surface area (Å²) in [6, 6.07) is 4.87. The normalized spacial score (nSPS) is 10.8. The van der Waals surface area contributed by atoms with E-state index in [-0.39, 0.29) is 5.82 Å². The molecule has 2 N–H and O–H groups in total. The van der Waals surface area contributed by atoms with Gasteiger partial charge in [-0.25, -0.2) is 9.37 Å². The molecule has 0 radical (unpaired) electrons. The minimum atomic E-state index is -0.197. The molecule has 0 aliphatic rings. The first-order valence-corrected chi connectivity index (χ1v) is 7.17. The lowest BCUT2D eigenvalue weighted by molar-refractivity contribution is 0.626. The summed E-state index contributed by atoms with van der Waals surface area (Å²) in [5.74, 6) is -0.197. The molecule has 5 heteroatoms. The topological polar surface area (TPSA) is 38.9 Å². The molecule has 2 aromatic rings. The SMILES string of the molecule is CCc1nc(N)sc1Cc1ccc(F)cc1I. The first-order valence-electron chi connectivity index (χ1n) is 5.28. The van der Waals surface area contributed by atoms with Crippen LogP contribution in [-0.2, 0) is 12.8 Å². The van der Waals surface area contributed by atoms with Gasteiger partial charge < -0.3 is 5.73 Å². The van der Waals surface area contributed by atoms with E-state index >= 15 is 0 Å². The molecule has 0 saturated carbocycles. The Balaban J connectivity index is 2.30. The number of nitrogens with two attached hydrogens (primary N) is 1. The molecule has 2 nitrogen and oxygen atoms in total. The van der Waals surface area contributed by atoms with Crippen LogP contribution in [0.4, 0.5) is 9.52 Å². The van der Waals surface area contributed by atoms with Gasteiger partial charge in [-0.3, -0.25) is 0 Å². The molecule has 1 aromatic carbocycles. The van der Waals surface area contributed by atoms with Crippen molar-refractivity contribution in [3.05, 3.63) is 43.7 Å². The van der Waals surface area contributed by atoms with Crippen LogP contribution in [0.25, 0.3) is 0 Å². The van der Waals surface area contributed by atoms with Crippen molar-refractivity contribution in [1.29, 1.82) is 0 Å². The van der Waals surface area contributed by atoms with Gasteiger partial charge in [0.15, 0.2) is 5.13 Å². The van der Waals surface area contributed by atoms with E-state index in [9.17, 15) is 4.39 Å². The Bertz CT molecular complexity index is 539. The molecule has 17 heavy (non-hydrogen) atoms. The van der Waals surface area contributed by atoms with E-state index in [1.165, 1.54) is 22.3 Å². The van der Waals surface area contributed by atoms with Gasteiger partial charge in [0.2, 0.25) is 0 Å². The molecule has 0 bridgehead atoms. The number of nitrogen functional groups attached to an aromatic ring is 1. The van der Waals surface area contributed by atoms with Crippen molar-refractivity contribution >= 4 is 39.1 Å². The van der Waals surface area contributed by atoms with Crippen LogP contribution in [-0.4, -0.2) is 4.98 Å². The van der Waals surface area contributed by atoms with Crippen LogP contribution in [0.5, 0.6) is 0 Å². The average molecular weight is 362 g/mol. The fraction of sp³-hybridized carbons (Fsp3) is 0.250. The Kier molecular flexibility index (Phi) is 3.98. The minimum Gasteiger partial charge on any atom is -0.375 e. The third-order valence-corrected chi connectivity index (χ3v) is 4.43. The van der Waals surface area contributed by atoms with Crippen molar-refractivity contribution in [2.24, 2.45) is 0 Å². The summed E-state index contributed by atoms with van der Waals surface area (Å²) in [5, 5.41) is 0.606. The van der Waals surface area contributed by atoms with Crippen molar-refractivity contribution in [2.75, 3.05) is 5.73 Å². The van der Waals surface area contributed by atoms with Gasteiger partial charge in [-0.1, -0.05) is 13.0 Å². The molecular weight excluding hydrogens is 350 g/mol. The molecule has 1 aromatic heterocycles. The van der Waals surface area contributed by atoms with Crippen molar-refractivity contribution in [3.8, 4) is 0 Å². The van der Waals surface area contributed by atoms with Gasteiger partial charge in [-0.15, -0.1) is 11.3 Å². The van der Waals surface area contributed by atoms with Gasteiger partial charge in [-0.2, -0.15) is 0 Å². The van der Waals surface area contributed by atoms with E-state index in [4.69, 9.17) is 5.73 Å². The third-order valence-electron chi connectivity index (χ3n) is 2.50. The van der Waals surface area contributed by atoms with Crippen molar-refractivity contribution < 1.29 is 4.39 Å². The molecule has 0 fully saturated rings. The molecule has 0 saturated heterocycles. The number of rotatable bonds is 3. The summed E-state index contributed by atoms with van der Waals surface area (Å²) in [4.78, 5) is 5.47. The van der Waals surface area contributed by atoms with E-state index in [1.54, 1.807) is 6.07 Å². The number of aryl methyl sites for hydroxylation is 1. The van der Waals surface area contributed by atoms with Crippen LogP contribution in [0.2, 0.25) is 0 Å². The average Bonchev–Trinajstić information content (AvgIpc) is 2.63. The largest absolute Gasteiger partial charge is 0.375 e. The van der Waals surface area contributed by atoms with Crippen molar-refractivity contribution in [3.63, 3.8) is 0 Å². The number of hydrogen-bond acceptors (Lipinski definition) is 3. The molecule has 0 atom stereocenters. The van der Waals surface area contributed by atoms with Crippen LogP contribution in [0, 0.1) is 9.39 Å². The summed E-state index contributed by atoms with van der Waals surface area (Å²) >= 11 is 3.67.